The fraction of sp³-hybridized carbons (Fsp3) is 0.222. The van der Waals surface area contributed by atoms with Crippen molar-refractivity contribution in [3.05, 3.63) is 46.4 Å². The summed E-state index contributed by atoms with van der Waals surface area (Å²) in [5.74, 6) is 0.923. The molecule has 0 saturated carbocycles. The molecule has 146 valence electrons. The minimum absolute atomic E-state index is 0.247. The van der Waals surface area contributed by atoms with Crippen molar-refractivity contribution >= 4 is 29.2 Å². The Labute approximate surface area is 170 Å². The van der Waals surface area contributed by atoms with Crippen LogP contribution in [0.2, 0.25) is 10.0 Å². The van der Waals surface area contributed by atoms with Gasteiger partial charge in [-0.25, -0.2) is 4.79 Å². The van der Waals surface area contributed by atoms with E-state index in [1.807, 2.05) is 12.1 Å². The van der Waals surface area contributed by atoms with Gasteiger partial charge >= 0.3 is 5.97 Å². The molecule has 0 bridgehead atoms. The average Bonchev–Trinajstić information content (AvgIpc) is 3.17. The summed E-state index contributed by atoms with van der Waals surface area (Å²) in [7, 11) is 1.59. The molecule has 0 atom stereocenters. The topological polar surface area (TPSA) is 88.4 Å². The van der Waals surface area contributed by atoms with Crippen molar-refractivity contribution in [1.82, 2.24) is 20.2 Å². The van der Waals surface area contributed by atoms with E-state index < -0.39 is 5.97 Å². The first-order valence-corrected chi connectivity index (χ1v) is 8.99. The predicted molar refractivity (Wildman–Crippen MR) is 103 cm³/mol. The number of rotatable bonds is 7. The van der Waals surface area contributed by atoms with Crippen molar-refractivity contribution in [2.24, 2.45) is 0 Å². The van der Waals surface area contributed by atoms with Gasteiger partial charge in [-0.3, -0.25) is 0 Å². The van der Waals surface area contributed by atoms with E-state index in [0.29, 0.717) is 22.3 Å². The predicted octanol–water partition coefficient (Wildman–Crippen LogP) is 3.59. The molecule has 3 aromatic rings. The molecular formula is C18H16Cl2N4O4. The van der Waals surface area contributed by atoms with E-state index in [0.717, 1.165) is 5.56 Å². The Balaban J connectivity index is 1.94. The highest BCUT2D eigenvalue weighted by Crippen LogP contribution is 2.34. The molecule has 0 fully saturated rings. The van der Waals surface area contributed by atoms with Gasteiger partial charge in [0.25, 0.3) is 0 Å². The molecule has 10 heteroatoms. The zero-order valence-electron chi connectivity index (χ0n) is 15.1. The summed E-state index contributed by atoms with van der Waals surface area (Å²) in [4.78, 5) is 11.5. The van der Waals surface area contributed by atoms with Crippen LogP contribution in [-0.4, -0.2) is 46.5 Å². The van der Waals surface area contributed by atoms with Gasteiger partial charge in [-0.2, -0.15) is 4.68 Å². The van der Waals surface area contributed by atoms with Crippen molar-refractivity contribution in [2.45, 2.75) is 6.92 Å². The van der Waals surface area contributed by atoms with Gasteiger partial charge in [0.15, 0.2) is 12.4 Å². The molecule has 8 nitrogen and oxygen atoms in total. The summed E-state index contributed by atoms with van der Waals surface area (Å²) in [6, 6.07) is 10.3. The molecule has 28 heavy (non-hydrogen) atoms. The first-order chi connectivity index (χ1) is 13.5. The number of aromatic nitrogens is 4. The third-order valence-electron chi connectivity index (χ3n) is 3.70. The Morgan fingerprint density at radius 2 is 1.89 bits per heavy atom. The maximum Gasteiger partial charge on any atom is 0.344 e. The van der Waals surface area contributed by atoms with Gasteiger partial charge in [-0.15, -0.1) is 5.10 Å². The number of nitrogens with zero attached hydrogens (tertiary/aromatic N) is 4. The molecule has 0 aliphatic heterocycles. The molecule has 0 spiro atoms. The van der Waals surface area contributed by atoms with Crippen molar-refractivity contribution in [3.8, 4) is 28.6 Å². The smallest absolute Gasteiger partial charge is 0.344 e. The van der Waals surface area contributed by atoms with Gasteiger partial charge in [-0.1, -0.05) is 23.2 Å². The van der Waals surface area contributed by atoms with E-state index in [-0.39, 0.29) is 24.0 Å². The zero-order chi connectivity index (χ0) is 20.1. The summed E-state index contributed by atoms with van der Waals surface area (Å²) in [5.41, 5.74) is 1.20. The minimum Gasteiger partial charge on any atom is -0.497 e. The Morgan fingerprint density at radius 3 is 2.57 bits per heavy atom. The van der Waals surface area contributed by atoms with Gasteiger partial charge < -0.3 is 14.2 Å². The second-order valence-corrected chi connectivity index (χ2v) is 6.28. The fourth-order valence-electron chi connectivity index (χ4n) is 2.40. The second-order valence-electron chi connectivity index (χ2n) is 5.47. The van der Waals surface area contributed by atoms with E-state index in [2.05, 4.69) is 15.5 Å². The van der Waals surface area contributed by atoms with Crippen LogP contribution >= 0.6 is 23.2 Å². The molecule has 0 radical (unpaired) electrons. The average molecular weight is 423 g/mol. The second kappa shape index (κ2) is 8.90. The lowest BCUT2D eigenvalue weighted by atomic mass is 10.2. The van der Waals surface area contributed by atoms with Crippen LogP contribution in [0.5, 0.6) is 11.5 Å². The molecule has 0 N–H and O–H groups in total. The number of esters is 1. The Bertz CT molecular complexity index is 976. The molecular weight excluding hydrogens is 407 g/mol. The van der Waals surface area contributed by atoms with Crippen LogP contribution in [0, 0.1) is 0 Å². The third-order valence-corrected chi connectivity index (χ3v) is 4.30. The Hall–Kier alpha value is -2.84. The molecule has 1 heterocycles. The summed E-state index contributed by atoms with van der Waals surface area (Å²) in [6.45, 7) is 1.69. The monoisotopic (exact) mass is 422 g/mol. The minimum atomic E-state index is -0.503. The number of ether oxygens (including phenoxy) is 3. The normalized spacial score (nSPS) is 10.6. The van der Waals surface area contributed by atoms with Gasteiger partial charge in [0.1, 0.15) is 11.5 Å². The standard InChI is InChI=1S/C18H16Cl2N4O4/c1-3-27-17(25)10-28-16-9-15(13(19)8-14(16)20)24-18(21-22-23-24)11-4-6-12(26-2)7-5-11/h4-9H,3,10H2,1-2H3. The summed E-state index contributed by atoms with van der Waals surface area (Å²) in [6.07, 6.45) is 0. The Morgan fingerprint density at radius 1 is 1.14 bits per heavy atom. The molecule has 0 unspecified atom stereocenters. The number of hydrogen-bond donors (Lipinski definition) is 0. The van der Waals surface area contributed by atoms with Crippen LogP contribution in [0.4, 0.5) is 0 Å². The van der Waals surface area contributed by atoms with Crippen LogP contribution in [0.1, 0.15) is 6.92 Å². The van der Waals surface area contributed by atoms with Crippen LogP contribution in [-0.2, 0) is 9.53 Å². The van der Waals surface area contributed by atoms with Gasteiger partial charge in [0, 0.05) is 11.6 Å². The van der Waals surface area contributed by atoms with Crippen LogP contribution < -0.4 is 9.47 Å². The number of carbonyl (C=O) groups is 1. The van der Waals surface area contributed by atoms with Crippen LogP contribution in [0.25, 0.3) is 17.1 Å². The largest absolute Gasteiger partial charge is 0.497 e. The maximum absolute atomic E-state index is 11.5. The molecule has 3 rings (SSSR count). The van der Waals surface area contributed by atoms with E-state index in [1.165, 1.54) is 10.7 Å². The number of tetrazole rings is 1. The van der Waals surface area contributed by atoms with Gasteiger partial charge in [0.2, 0.25) is 0 Å². The summed E-state index contributed by atoms with van der Waals surface area (Å²) < 4.78 is 16.9. The zero-order valence-corrected chi connectivity index (χ0v) is 16.6. The quantitative estimate of drug-likeness (QED) is 0.537. The summed E-state index contributed by atoms with van der Waals surface area (Å²) >= 11 is 12.5. The number of halogens is 2. The Kier molecular flexibility index (Phi) is 6.33. The van der Waals surface area contributed by atoms with Crippen molar-refractivity contribution < 1.29 is 19.0 Å². The van der Waals surface area contributed by atoms with Gasteiger partial charge in [0.05, 0.1) is 29.4 Å². The SMILES string of the molecule is CCOC(=O)COc1cc(-n2nnnc2-c2ccc(OC)cc2)c(Cl)cc1Cl. The van der Waals surface area contributed by atoms with E-state index in [4.69, 9.17) is 37.4 Å². The van der Waals surface area contributed by atoms with Crippen molar-refractivity contribution in [2.75, 3.05) is 20.3 Å². The molecule has 1 aromatic heterocycles. The lowest BCUT2D eigenvalue weighted by Crippen LogP contribution is -2.15. The van der Waals surface area contributed by atoms with Crippen molar-refractivity contribution in [1.29, 1.82) is 0 Å². The van der Waals surface area contributed by atoms with Crippen molar-refractivity contribution in [3.63, 3.8) is 0 Å². The molecule has 0 aliphatic rings. The lowest BCUT2D eigenvalue weighted by molar-refractivity contribution is -0.145. The number of methoxy groups -OCH3 is 1. The number of benzene rings is 2. The third kappa shape index (κ3) is 4.35. The highest BCUT2D eigenvalue weighted by molar-refractivity contribution is 6.36. The first kappa shape index (κ1) is 19.9. The molecule has 2 aromatic carbocycles. The molecule has 0 saturated heterocycles. The maximum atomic E-state index is 11.5. The first-order valence-electron chi connectivity index (χ1n) is 8.24. The molecule has 0 aliphatic carbocycles. The number of hydrogen-bond acceptors (Lipinski definition) is 7. The lowest BCUT2D eigenvalue weighted by Gasteiger charge is -2.12. The van der Waals surface area contributed by atoms with Crippen LogP contribution in [0.3, 0.4) is 0 Å². The van der Waals surface area contributed by atoms with E-state index in [9.17, 15) is 4.79 Å². The highest BCUT2D eigenvalue weighted by Gasteiger charge is 2.17. The van der Waals surface area contributed by atoms with E-state index >= 15 is 0 Å². The molecule has 0 amide bonds. The highest BCUT2D eigenvalue weighted by atomic mass is 35.5. The number of carbonyl (C=O) groups excluding carboxylic acids is 1. The summed E-state index contributed by atoms with van der Waals surface area (Å²) in [5, 5.41) is 12.4. The fourth-order valence-corrected chi connectivity index (χ4v) is 2.92. The van der Waals surface area contributed by atoms with Crippen LogP contribution in [0.15, 0.2) is 36.4 Å². The van der Waals surface area contributed by atoms with Gasteiger partial charge in [-0.05, 0) is 47.7 Å². The van der Waals surface area contributed by atoms with E-state index in [1.54, 1.807) is 32.2 Å².